The monoisotopic (exact) mass is 362 g/mol. The van der Waals surface area contributed by atoms with Crippen molar-refractivity contribution in [1.82, 2.24) is 4.90 Å². The minimum absolute atomic E-state index is 0.0288. The number of amides is 1. The molecule has 27 heavy (non-hydrogen) atoms. The van der Waals surface area contributed by atoms with Gasteiger partial charge in [0.15, 0.2) is 0 Å². The first kappa shape index (κ1) is 18.5. The molecule has 0 radical (unpaired) electrons. The number of hydrogen-bond donors (Lipinski definition) is 0. The number of carbonyl (C=O) groups is 1. The number of carbonyl (C=O) groups excluding carboxylic acids is 1. The van der Waals surface area contributed by atoms with E-state index in [0.717, 1.165) is 24.0 Å². The highest BCUT2D eigenvalue weighted by molar-refractivity contribution is 5.87. The summed E-state index contributed by atoms with van der Waals surface area (Å²) >= 11 is 0. The van der Waals surface area contributed by atoms with E-state index in [1.165, 1.54) is 6.08 Å². The maximum atomic E-state index is 11.7. The topological polar surface area (TPSA) is 62.6 Å². The van der Waals surface area contributed by atoms with Crippen LogP contribution in [0.5, 0.6) is 11.5 Å². The van der Waals surface area contributed by atoms with E-state index < -0.39 is 0 Å². The van der Waals surface area contributed by atoms with Crippen LogP contribution in [-0.4, -0.2) is 37.1 Å². The molecule has 5 nitrogen and oxygen atoms in total. The van der Waals surface area contributed by atoms with Crippen LogP contribution in [0, 0.1) is 11.3 Å². The van der Waals surface area contributed by atoms with Crippen LogP contribution in [0.15, 0.2) is 55.1 Å². The second-order valence-electron chi connectivity index (χ2n) is 6.34. The Balaban J connectivity index is 1.83. The van der Waals surface area contributed by atoms with Gasteiger partial charge in [0, 0.05) is 37.1 Å². The molecule has 1 heterocycles. The van der Waals surface area contributed by atoms with Gasteiger partial charge in [0.1, 0.15) is 29.2 Å². The van der Waals surface area contributed by atoms with Crippen molar-refractivity contribution in [2.24, 2.45) is 0 Å². The summed E-state index contributed by atoms with van der Waals surface area (Å²) in [7, 11) is 1.61. The zero-order chi connectivity index (χ0) is 19.2. The molecule has 2 aromatic carbocycles. The van der Waals surface area contributed by atoms with E-state index in [-0.39, 0.29) is 12.0 Å². The predicted molar refractivity (Wildman–Crippen MR) is 104 cm³/mol. The molecule has 2 aromatic rings. The fraction of sp³-hybridized carbons (Fsp3) is 0.273. The highest BCUT2D eigenvalue weighted by Gasteiger charge is 2.24. The van der Waals surface area contributed by atoms with Crippen LogP contribution in [0.4, 0.5) is 0 Å². The molecule has 0 spiro atoms. The molecule has 138 valence electrons. The number of nitriles is 1. The fourth-order valence-corrected chi connectivity index (χ4v) is 3.34. The van der Waals surface area contributed by atoms with E-state index in [2.05, 4.69) is 12.6 Å². The molecule has 1 fully saturated rings. The Morgan fingerprint density at radius 1 is 1.15 bits per heavy atom. The number of ether oxygens (including phenoxy) is 2. The van der Waals surface area contributed by atoms with E-state index >= 15 is 0 Å². The molecule has 0 aromatic heterocycles. The summed E-state index contributed by atoms with van der Waals surface area (Å²) in [6, 6.07) is 15.5. The van der Waals surface area contributed by atoms with Gasteiger partial charge >= 0.3 is 0 Å². The lowest BCUT2D eigenvalue weighted by molar-refractivity contribution is -0.127. The molecule has 5 heteroatoms. The summed E-state index contributed by atoms with van der Waals surface area (Å²) in [6.45, 7) is 4.79. The Labute approximate surface area is 159 Å². The van der Waals surface area contributed by atoms with E-state index in [0.29, 0.717) is 30.2 Å². The summed E-state index contributed by atoms with van der Waals surface area (Å²) in [5, 5.41) is 9.77. The van der Waals surface area contributed by atoms with Crippen LogP contribution in [0.1, 0.15) is 18.4 Å². The Morgan fingerprint density at radius 3 is 2.48 bits per heavy atom. The Bertz CT molecular complexity index is 877. The average molecular weight is 362 g/mol. The number of rotatable bonds is 5. The Hall–Kier alpha value is -3.26. The SMILES string of the molecule is C=CC(=O)N1CCC(Oc2cccc(-c3ccccc3OC)c2C#N)CC1. The number of para-hydroxylation sites is 1. The number of methoxy groups -OCH3 is 1. The Kier molecular flexibility index (Phi) is 5.77. The molecule has 1 saturated heterocycles. The van der Waals surface area contributed by atoms with E-state index in [4.69, 9.17) is 9.47 Å². The van der Waals surface area contributed by atoms with Crippen molar-refractivity contribution in [3.05, 3.63) is 60.7 Å². The van der Waals surface area contributed by atoms with Crippen molar-refractivity contribution < 1.29 is 14.3 Å². The van der Waals surface area contributed by atoms with Crippen LogP contribution >= 0.6 is 0 Å². The number of hydrogen-bond acceptors (Lipinski definition) is 4. The maximum absolute atomic E-state index is 11.7. The first-order valence-corrected chi connectivity index (χ1v) is 8.92. The smallest absolute Gasteiger partial charge is 0.245 e. The maximum Gasteiger partial charge on any atom is 0.245 e. The normalized spacial score (nSPS) is 14.3. The van der Waals surface area contributed by atoms with Gasteiger partial charge in [0.05, 0.1) is 7.11 Å². The van der Waals surface area contributed by atoms with Crippen molar-refractivity contribution in [2.75, 3.05) is 20.2 Å². The van der Waals surface area contributed by atoms with Crippen LogP contribution in [0.2, 0.25) is 0 Å². The van der Waals surface area contributed by atoms with Crippen molar-refractivity contribution in [1.29, 1.82) is 5.26 Å². The molecular weight excluding hydrogens is 340 g/mol. The molecule has 0 aliphatic carbocycles. The van der Waals surface area contributed by atoms with Gasteiger partial charge in [-0.25, -0.2) is 0 Å². The first-order chi connectivity index (χ1) is 13.2. The van der Waals surface area contributed by atoms with Crippen LogP contribution in [0.25, 0.3) is 11.1 Å². The van der Waals surface area contributed by atoms with Crippen molar-refractivity contribution >= 4 is 5.91 Å². The lowest BCUT2D eigenvalue weighted by Gasteiger charge is -2.31. The fourth-order valence-electron chi connectivity index (χ4n) is 3.34. The quantitative estimate of drug-likeness (QED) is 0.759. The van der Waals surface area contributed by atoms with Gasteiger partial charge in [-0.3, -0.25) is 4.79 Å². The van der Waals surface area contributed by atoms with Crippen molar-refractivity contribution in [2.45, 2.75) is 18.9 Å². The first-order valence-electron chi connectivity index (χ1n) is 8.92. The molecule has 1 aliphatic rings. The largest absolute Gasteiger partial charge is 0.496 e. The molecular formula is C22H22N2O3. The van der Waals surface area contributed by atoms with Crippen LogP contribution in [-0.2, 0) is 4.79 Å². The zero-order valence-corrected chi connectivity index (χ0v) is 15.4. The lowest BCUT2D eigenvalue weighted by Crippen LogP contribution is -2.41. The molecule has 0 N–H and O–H groups in total. The summed E-state index contributed by atoms with van der Waals surface area (Å²) in [5.41, 5.74) is 2.13. The van der Waals surface area contributed by atoms with Gasteiger partial charge in [0.2, 0.25) is 5.91 Å². The van der Waals surface area contributed by atoms with E-state index in [1.54, 1.807) is 12.0 Å². The van der Waals surface area contributed by atoms with E-state index in [9.17, 15) is 10.1 Å². The van der Waals surface area contributed by atoms with Crippen molar-refractivity contribution in [3.8, 4) is 28.7 Å². The van der Waals surface area contributed by atoms with Crippen LogP contribution < -0.4 is 9.47 Å². The standard InChI is InChI=1S/C22H22N2O3/c1-3-22(25)24-13-11-16(12-14-24)27-21-10-6-8-17(19(21)15-23)18-7-4-5-9-20(18)26-2/h3-10,16H,1,11-14H2,2H3. The highest BCUT2D eigenvalue weighted by atomic mass is 16.5. The van der Waals surface area contributed by atoms with Gasteiger partial charge < -0.3 is 14.4 Å². The summed E-state index contributed by atoms with van der Waals surface area (Å²) in [4.78, 5) is 13.5. The lowest BCUT2D eigenvalue weighted by atomic mass is 9.98. The second kappa shape index (κ2) is 8.41. The zero-order valence-electron chi connectivity index (χ0n) is 15.4. The van der Waals surface area contributed by atoms with Crippen LogP contribution in [0.3, 0.4) is 0 Å². The molecule has 3 rings (SSSR count). The number of nitrogens with zero attached hydrogens (tertiary/aromatic N) is 2. The Morgan fingerprint density at radius 2 is 1.81 bits per heavy atom. The average Bonchev–Trinajstić information content (AvgIpc) is 2.73. The third-order valence-electron chi connectivity index (χ3n) is 4.76. The van der Waals surface area contributed by atoms with Gasteiger partial charge in [-0.15, -0.1) is 0 Å². The molecule has 1 amide bonds. The van der Waals surface area contributed by atoms with Crippen molar-refractivity contribution in [3.63, 3.8) is 0 Å². The van der Waals surface area contributed by atoms with Gasteiger partial charge in [-0.05, 0) is 18.2 Å². The van der Waals surface area contributed by atoms with E-state index in [1.807, 2.05) is 42.5 Å². The predicted octanol–water partition coefficient (Wildman–Crippen LogP) is 3.79. The molecule has 0 bridgehead atoms. The van der Waals surface area contributed by atoms with Gasteiger partial charge in [0.25, 0.3) is 0 Å². The highest BCUT2D eigenvalue weighted by Crippen LogP contribution is 2.36. The molecule has 0 unspecified atom stereocenters. The summed E-state index contributed by atoms with van der Waals surface area (Å²) in [6.07, 6.45) is 2.76. The number of piperidine rings is 1. The third-order valence-corrected chi connectivity index (χ3v) is 4.76. The summed E-state index contributed by atoms with van der Waals surface area (Å²) < 4.78 is 11.6. The second-order valence-corrected chi connectivity index (χ2v) is 6.34. The van der Waals surface area contributed by atoms with Gasteiger partial charge in [-0.2, -0.15) is 5.26 Å². The number of benzene rings is 2. The summed E-state index contributed by atoms with van der Waals surface area (Å²) in [5.74, 6) is 1.22. The molecule has 1 aliphatic heterocycles. The van der Waals surface area contributed by atoms with Gasteiger partial charge in [-0.1, -0.05) is 36.9 Å². The third kappa shape index (κ3) is 3.95. The molecule has 0 saturated carbocycles. The number of likely N-dealkylation sites (tertiary alicyclic amines) is 1. The molecule has 0 atom stereocenters. The minimum Gasteiger partial charge on any atom is -0.496 e. The minimum atomic E-state index is -0.0515.